The van der Waals surface area contributed by atoms with Gasteiger partial charge >= 0.3 is 0 Å². The summed E-state index contributed by atoms with van der Waals surface area (Å²) in [4.78, 5) is 12.8. The molecule has 0 amide bonds. The molecule has 1 aromatic carbocycles. The van der Waals surface area contributed by atoms with Crippen molar-refractivity contribution in [2.45, 2.75) is 45.1 Å². The monoisotopic (exact) mass is 356 g/mol. The minimum atomic E-state index is -0.320. The van der Waals surface area contributed by atoms with Gasteiger partial charge in [-0.05, 0) is 63.4 Å². The number of furan rings is 1. The molecular formula is C19H20N2O3S. The third-order valence-electron chi connectivity index (χ3n) is 4.25. The van der Waals surface area contributed by atoms with Crippen LogP contribution in [0.25, 0.3) is 11.5 Å². The zero-order chi connectivity index (χ0) is 18.1. The van der Waals surface area contributed by atoms with E-state index in [0.717, 1.165) is 28.0 Å². The number of ketones is 1. The van der Waals surface area contributed by atoms with E-state index >= 15 is 0 Å². The zero-order valence-corrected chi connectivity index (χ0v) is 15.7. The Morgan fingerprint density at radius 3 is 2.48 bits per heavy atom. The van der Waals surface area contributed by atoms with Crippen LogP contribution in [-0.2, 0) is 0 Å². The highest BCUT2D eigenvalue weighted by molar-refractivity contribution is 8.00. The lowest BCUT2D eigenvalue weighted by molar-refractivity contribution is 0.0993. The van der Waals surface area contributed by atoms with Crippen LogP contribution in [0.2, 0.25) is 0 Å². The van der Waals surface area contributed by atoms with Crippen molar-refractivity contribution in [1.29, 1.82) is 0 Å². The molecule has 0 fully saturated rings. The molecule has 0 bridgehead atoms. The topological polar surface area (TPSA) is 69.1 Å². The van der Waals surface area contributed by atoms with Crippen LogP contribution >= 0.6 is 11.8 Å². The lowest BCUT2D eigenvalue weighted by Crippen LogP contribution is -2.15. The predicted molar refractivity (Wildman–Crippen MR) is 97.0 cm³/mol. The molecule has 6 heteroatoms. The summed E-state index contributed by atoms with van der Waals surface area (Å²) in [7, 11) is 0. The Morgan fingerprint density at radius 2 is 1.80 bits per heavy atom. The highest BCUT2D eigenvalue weighted by atomic mass is 32.2. The number of aryl methyl sites for hydroxylation is 4. The molecule has 0 N–H and O–H groups in total. The van der Waals surface area contributed by atoms with E-state index in [9.17, 15) is 4.79 Å². The van der Waals surface area contributed by atoms with Gasteiger partial charge in [-0.2, -0.15) is 0 Å². The second-order valence-corrected chi connectivity index (χ2v) is 7.43. The van der Waals surface area contributed by atoms with E-state index in [2.05, 4.69) is 10.2 Å². The highest BCUT2D eigenvalue weighted by Crippen LogP contribution is 2.30. The molecular weight excluding hydrogens is 336 g/mol. The predicted octanol–water partition coefficient (Wildman–Crippen LogP) is 4.93. The van der Waals surface area contributed by atoms with Crippen molar-refractivity contribution < 1.29 is 13.6 Å². The van der Waals surface area contributed by atoms with E-state index in [4.69, 9.17) is 8.83 Å². The molecule has 3 aromatic rings. The number of Topliss-reactive ketones (excluding diaryl/α,β-unsaturated/α-hetero) is 1. The first-order valence-corrected chi connectivity index (χ1v) is 8.91. The third kappa shape index (κ3) is 3.54. The first-order chi connectivity index (χ1) is 11.9. The maximum atomic E-state index is 12.8. The highest BCUT2D eigenvalue weighted by Gasteiger charge is 2.22. The van der Waals surface area contributed by atoms with Gasteiger partial charge in [0.25, 0.3) is 11.1 Å². The largest absolute Gasteiger partial charge is 0.469 e. The Hall–Kier alpha value is -2.34. The average molecular weight is 356 g/mol. The molecule has 2 aromatic heterocycles. The van der Waals surface area contributed by atoms with Gasteiger partial charge in [0.1, 0.15) is 5.76 Å². The molecule has 0 radical (unpaired) electrons. The van der Waals surface area contributed by atoms with Gasteiger partial charge in [-0.3, -0.25) is 4.79 Å². The van der Waals surface area contributed by atoms with E-state index in [1.54, 1.807) is 12.3 Å². The van der Waals surface area contributed by atoms with Gasteiger partial charge in [0, 0.05) is 5.56 Å². The number of hydrogen-bond acceptors (Lipinski definition) is 6. The molecule has 0 spiro atoms. The summed E-state index contributed by atoms with van der Waals surface area (Å²) in [5.74, 6) is 1.18. The van der Waals surface area contributed by atoms with Crippen molar-refractivity contribution in [3.05, 3.63) is 52.5 Å². The molecule has 2 heterocycles. The van der Waals surface area contributed by atoms with E-state index in [1.165, 1.54) is 17.3 Å². The van der Waals surface area contributed by atoms with Crippen molar-refractivity contribution in [2.75, 3.05) is 0 Å². The minimum Gasteiger partial charge on any atom is -0.469 e. The number of hydrogen-bond donors (Lipinski definition) is 0. The minimum absolute atomic E-state index is 0.0600. The maximum absolute atomic E-state index is 12.8. The van der Waals surface area contributed by atoms with E-state index < -0.39 is 0 Å². The first-order valence-electron chi connectivity index (χ1n) is 8.03. The second kappa shape index (κ2) is 6.88. The standard InChI is InChI=1S/C19H20N2O3S/c1-10-8-12(3)16(9-11(10)2)17(22)14(5)25-19-21-20-18(24-19)15-6-7-23-13(15)4/h6-9,14H,1-5H3/t14-/m1/s1. The molecule has 3 rings (SSSR count). The van der Waals surface area contributed by atoms with Crippen LogP contribution in [0.3, 0.4) is 0 Å². The Morgan fingerprint density at radius 1 is 1.08 bits per heavy atom. The number of aromatic nitrogens is 2. The molecule has 0 saturated carbocycles. The number of carbonyl (C=O) groups is 1. The van der Waals surface area contributed by atoms with Crippen LogP contribution in [0.1, 0.15) is 39.7 Å². The van der Waals surface area contributed by atoms with Gasteiger partial charge in [0.05, 0.1) is 17.1 Å². The summed E-state index contributed by atoms with van der Waals surface area (Å²) in [6.45, 7) is 9.71. The summed E-state index contributed by atoms with van der Waals surface area (Å²) in [6, 6.07) is 5.79. The fraction of sp³-hybridized carbons (Fsp3) is 0.316. The SMILES string of the molecule is Cc1cc(C)c(C(=O)[C@@H](C)Sc2nnc(-c3ccoc3C)o2)cc1C. The van der Waals surface area contributed by atoms with Crippen LogP contribution < -0.4 is 0 Å². The molecule has 0 aliphatic carbocycles. The van der Waals surface area contributed by atoms with Crippen LogP contribution in [0.15, 0.2) is 38.5 Å². The summed E-state index contributed by atoms with van der Waals surface area (Å²) in [6.07, 6.45) is 1.58. The summed E-state index contributed by atoms with van der Waals surface area (Å²) in [5.41, 5.74) is 4.80. The lowest BCUT2D eigenvalue weighted by atomic mass is 9.97. The van der Waals surface area contributed by atoms with Crippen LogP contribution in [0.4, 0.5) is 0 Å². The Kier molecular flexibility index (Phi) is 4.81. The van der Waals surface area contributed by atoms with Crippen LogP contribution in [0.5, 0.6) is 0 Å². The molecule has 25 heavy (non-hydrogen) atoms. The number of thioether (sulfide) groups is 1. The molecule has 0 aliphatic rings. The number of rotatable bonds is 5. The first kappa shape index (κ1) is 17.5. The van der Waals surface area contributed by atoms with Gasteiger partial charge < -0.3 is 8.83 Å². The Labute approximate surface area is 150 Å². The van der Waals surface area contributed by atoms with Crippen LogP contribution in [0, 0.1) is 27.7 Å². The van der Waals surface area contributed by atoms with E-state index in [0.29, 0.717) is 11.1 Å². The zero-order valence-electron chi connectivity index (χ0n) is 14.9. The molecule has 1 atom stereocenters. The van der Waals surface area contributed by atoms with E-state index in [1.807, 2.05) is 46.8 Å². The number of nitrogens with zero attached hydrogens (tertiary/aromatic N) is 2. The maximum Gasteiger partial charge on any atom is 0.277 e. The van der Waals surface area contributed by atoms with Crippen molar-refractivity contribution in [3.63, 3.8) is 0 Å². The Balaban J connectivity index is 1.78. The van der Waals surface area contributed by atoms with Crippen molar-refractivity contribution in [3.8, 4) is 11.5 Å². The molecule has 5 nitrogen and oxygen atoms in total. The quantitative estimate of drug-likeness (QED) is 0.477. The number of benzene rings is 1. The van der Waals surface area contributed by atoms with E-state index in [-0.39, 0.29) is 11.0 Å². The molecule has 0 saturated heterocycles. The molecule has 0 aliphatic heterocycles. The molecule has 0 unspecified atom stereocenters. The summed E-state index contributed by atoms with van der Waals surface area (Å²) >= 11 is 1.27. The van der Waals surface area contributed by atoms with Gasteiger partial charge in [-0.15, -0.1) is 10.2 Å². The number of carbonyl (C=O) groups excluding carboxylic acids is 1. The van der Waals surface area contributed by atoms with Crippen molar-refractivity contribution >= 4 is 17.5 Å². The third-order valence-corrected chi connectivity index (χ3v) is 5.18. The van der Waals surface area contributed by atoms with Crippen molar-refractivity contribution in [1.82, 2.24) is 10.2 Å². The van der Waals surface area contributed by atoms with Gasteiger partial charge in [0.2, 0.25) is 0 Å². The van der Waals surface area contributed by atoms with Gasteiger partial charge in [0.15, 0.2) is 5.78 Å². The normalized spacial score (nSPS) is 12.4. The summed E-state index contributed by atoms with van der Waals surface area (Å²) < 4.78 is 10.9. The lowest BCUT2D eigenvalue weighted by Gasteiger charge is -2.12. The van der Waals surface area contributed by atoms with Gasteiger partial charge in [-0.25, -0.2) is 0 Å². The molecule has 130 valence electrons. The fourth-order valence-corrected chi connectivity index (χ4v) is 3.37. The smallest absolute Gasteiger partial charge is 0.277 e. The average Bonchev–Trinajstić information content (AvgIpc) is 3.18. The van der Waals surface area contributed by atoms with Gasteiger partial charge in [-0.1, -0.05) is 17.8 Å². The second-order valence-electron chi connectivity index (χ2n) is 6.14. The van der Waals surface area contributed by atoms with Crippen molar-refractivity contribution in [2.24, 2.45) is 0 Å². The van der Waals surface area contributed by atoms with Crippen LogP contribution in [-0.4, -0.2) is 21.2 Å². The summed E-state index contributed by atoms with van der Waals surface area (Å²) in [5, 5.41) is 8.13. The fourth-order valence-electron chi connectivity index (χ4n) is 2.62. The Bertz CT molecular complexity index is 927.